The van der Waals surface area contributed by atoms with Crippen molar-refractivity contribution in [3.05, 3.63) is 46.6 Å². The van der Waals surface area contributed by atoms with Crippen LogP contribution in [0.4, 0.5) is 5.69 Å². The van der Waals surface area contributed by atoms with Crippen LogP contribution < -0.4 is 15.8 Å². The molecule has 1 heterocycles. The number of fused-ring (bicyclic) bond motifs is 1. The fourth-order valence-electron chi connectivity index (χ4n) is 2.93. The van der Waals surface area contributed by atoms with Crippen molar-refractivity contribution in [1.29, 1.82) is 0 Å². The number of methoxy groups -OCH3 is 1. The van der Waals surface area contributed by atoms with Gasteiger partial charge in [0.25, 0.3) is 5.91 Å². The predicted molar refractivity (Wildman–Crippen MR) is 108 cm³/mol. The molecule has 0 aliphatic rings. The van der Waals surface area contributed by atoms with Crippen LogP contribution in [-0.4, -0.2) is 29.8 Å². The lowest BCUT2D eigenvalue weighted by molar-refractivity contribution is 0.0949. The molecule has 1 amide bonds. The van der Waals surface area contributed by atoms with Gasteiger partial charge in [-0.15, -0.1) is 10.2 Å². The van der Waals surface area contributed by atoms with Crippen molar-refractivity contribution in [2.45, 2.75) is 20.3 Å². The van der Waals surface area contributed by atoms with E-state index >= 15 is 0 Å². The van der Waals surface area contributed by atoms with Crippen LogP contribution >= 0.6 is 11.6 Å². The van der Waals surface area contributed by atoms with Gasteiger partial charge in [-0.1, -0.05) is 30.2 Å². The smallest absolute Gasteiger partial charge is 0.273 e. The van der Waals surface area contributed by atoms with Gasteiger partial charge in [-0.05, 0) is 37.6 Å². The molecular formula is C20H21ClN4O2. The summed E-state index contributed by atoms with van der Waals surface area (Å²) in [6, 6.07) is 9.30. The maximum Gasteiger partial charge on any atom is 0.273 e. The number of ether oxygens (including phenoxy) is 1. The summed E-state index contributed by atoms with van der Waals surface area (Å²) < 4.78 is 5.49. The molecule has 0 aliphatic heterocycles. The Morgan fingerprint density at radius 1 is 1.26 bits per heavy atom. The number of anilines is 1. The minimum atomic E-state index is -0.339. The molecule has 1 aromatic heterocycles. The molecular weight excluding hydrogens is 364 g/mol. The minimum Gasteiger partial charge on any atom is -0.496 e. The van der Waals surface area contributed by atoms with Gasteiger partial charge in [0.2, 0.25) is 0 Å². The Labute approximate surface area is 162 Å². The first-order valence-corrected chi connectivity index (χ1v) is 9.03. The van der Waals surface area contributed by atoms with E-state index in [2.05, 4.69) is 15.5 Å². The second-order valence-corrected chi connectivity index (χ2v) is 6.65. The van der Waals surface area contributed by atoms with E-state index in [4.69, 9.17) is 22.1 Å². The third-order valence-corrected chi connectivity index (χ3v) is 4.61. The van der Waals surface area contributed by atoms with Crippen LogP contribution in [-0.2, 0) is 0 Å². The quantitative estimate of drug-likeness (QED) is 0.694. The number of aromatic nitrogens is 2. The summed E-state index contributed by atoms with van der Waals surface area (Å²) in [5, 5.41) is 12.3. The summed E-state index contributed by atoms with van der Waals surface area (Å²) in [6.45, 7) is 4.50. The third kappa shape index (κ3) is 3.53. The van der Waals surface area contributed by atoms with E-state index in [1.54, 1.807) is 19.2 Å². The number of rotatable bonds is 5. The number of nitrogen functional groups attached to an aromatic ring is 1. The van der Waals surface area contributed by atoms with Crippen LogP contribution in [0.2, 0.25) is 5.02 Å². The van der Waals surface area contributed by atoms with Crippen LogP contribution in [0.15, 0.2) is 30.3 Å². The largest absolute Gasteiger partial charge is 0.496 e. The van der Waals surface area contributed by atoms with Crippen molar-refractivity contribution in [3.63, 3.8) is 0 Å². The monoisotopic (exact) mass is 384 g/mol. The number of aryl methyl sites for hydroxylation is 1. The third-order valence-electron chi connectivity index (χ3n) is 4.30. The number of nitrogens with two attached hydrogens (primary N) is 1. The van der Waals surface area contributed by atoms with E-state index in [-0.39, 0.29) is 17.3 Å². The standard InChI is InChI=1S/C20H21ClN4O2/c1-4-9-23-20(26)19-17(22)12-6-7-14(21)16(18(12)24-25-19)13-10-11(2)5-8-15(13)27-3/h5-8,10H,4,9H2,1-3H3,(H2,22,24)(H,23,26). The lowest BCUT2D eigenvalue weighted by Gasteiger charge is -2.15. The number of nitrogens with zero attached hydrogens (tertiary/aromatic N) is 2. The summed E-state index contributed by atoms with van der Waals surface area (Å²) in [7, 11) is 1.60. The van der Waals surface area contributed by atoms with E-state index in [9.17, 15) is 4.79 Å². The van der Waals surface area contributed by atoms with Crippen molar-refractivity contribution in [3.8, 4) is 16.9 Å². The summed E-state index contributed by atoms with van der Waals surface area (Å²) in [6.07, 6.45) is 0.819. The van der Waals surface area contributed by atoms with Crippen molar-refractivity contribution >= 4 is 34.1 Å². The van der Waals surface area contributed by atoms with E-state index < -0.39 is 0 Å². The number of amides is 1. The second kappa shape index (κ2) is 7.80. The Morgan fingerprint density at radius 2 is 2.04 bits per heavy atom. The SMILES string of the molecule is CCCNC(=O)c1nnc2c(-c3cc(C)ccc3OC)c(Cl)ccc2c1N. The molecule has 0 saturated heterocycles. The average molecular weight is 385 g/mol. The van der Waals surface area contributed by atoms with Crippen LogP contribution in [0.25, 0.3) is 22.0 Å². The van der Waals surface area contributed by atoms with Gasteiger partial charge in [-0.25, -0.2) is 0 Å². The van der Waals surface area contributed by atoms with Gasteiger partial charge in [0.05, 0.1) is 17.8 Å². The molecule has 0 unspecified atom stereocenters. The van der Waals surface area contributed by atoms with Crippen molar-refractivity contribution in [2.24, 2.45) is 0 Å². The average Bonchev–Trinajstić information content (AvgIpc) is 2.66. The van der Waals surface area contributed by atoms with Crippen LogP contribution in [0.1, 0.15) is 29.4 Å². The van der Waals surface area contributed by atoms with Gasteiger partial charge in [-0.3, -0.25) is 4.79 Å². The summed E-state index contributed by atoms with van der Waals surface area (Å²) in [5.41, 5.74) is 9.69. The number of nitrogens with one attached hydrogen (secondary N) is 1. The molecule has 3 aromatic rings. The number of benzene rings is 2. The van der Waals surface area contributed by atoms with E-state index in [0.717, 1.165) is 17.5 Å². The highest BCUT2D eigenvalue weighted by atomic mass is 35.5. The van der Waals surface area contributed by atoms with Crippen molar-refractivity contribution in [2.75, 3.05) is 19.4 Å². The highest BCUT2D eigenvalue weighted by Gasteiger charge is 2.20. The Bertz CT molecular complexity index is 1020. The van der Waals surface area contributed by atoms with Gasteiger partial charge in [-0.2, -0.15) is 0 Å². The lowest BCUT2D eigenvalue weighted by Crippen LogP contribution is -2.26. The lowest BCUT2D eigenvalue weighted by atomic mass is 9.98. The van der Waals surface area contributed by atoms with Crippen molar-refractivity contribution < 1.29 is 9.53 Å². The van der Waals surface area contributed by atoms with E-state index in [1.165, 1.54) is 0 Å². The van der Waals surface area contributed by atoms with Gasteiger partial charge < -0.3 is 15.8 Å². The number of halogens is 1. The van der Waals surface area contributed by atoms with Gasteiger partial charge in [0, 0.05) is 23.1 Å². The molecule has 0 spiro atoms. The highest BCUT2D eigenvalue weighted by Crippen LogP contribution is 2.40. The van der Waals surface area contributed by atoms with Gasteiger partial charge in [0.1, 0.15) is 11.3 Å². The fourth-order valence-corrected chi connectivity index (χ4v) is 3.19. The maximum absolute atomic E-state index is 12.3. The predicted octanol–water partition coefficient (Wildman–Crippen LogP) is 3.99. The van der Waals surface area contributed by atoms with Crippen molar-refractivity contribution in [1.82, 2.24) is 15.5 Å². The Hall–Kier alpha value is -2.86. The Morgan fingerprint density at radius 3 is 2.74 bits per heavy atom. The first kappa shape index (κ1) is 18.9. The molecule has 0 bridgehead atoms. The molecule has 0 atom stereocenters. The zero-order valence-electron chi connectivity index (χ0n) is 15.5. The zero-order chi connectivity index (χ0) is 19.6. The number of hydrogen-bond donors (Lipinski definition) is 2. The normalized spacial score (nSPS) is 10.8. The highest BCUT2D eigenvalue weighted by molar-refractivity contribution is 6.35. The summed E-state index contributed by atoms with van der Waals surface area (Å²) in [4.78, 5) is 12.3. The minimum absolute atomic E-state index is 0.112. The second-order valence-electron chi connectivity index (χ2n) is 6.24. The van der Waals surface area contributed by atoms with Crippen LogP contribution in [0, 0.1) is 6.92 Å². The molecule has 3 N–H and O–H groups in total. The fraction of sp³-hybridized carbons (Fsp3) is 0.250. The van der Waals surface area contributed by atoms with Gasteiger partial charge in [0.15, 0.2) is 5.69 Å². The Kier molecular flexibility index (Phi) is 5.46. The molecule has 3 rings (SSSR count). The molecule has 27 heavy (non-hydrogen) atoms. The Balaban J connectivity index is 2.24. The molecule has 0 fully saturated rings. The topological polar surface area (TPSA) is 90.1 Å². The number of carbonyl (C=O) groups is 1. The number of hydrogen-bond acceptors (Lipinski definition) is 5. The molecule has 0 aliphatic carbocycles. The first-order valence-electron chi connectivity index (χ1n) is 8.65. The summed E-state index contributed by atoms with van der Waals surface area (Å²) >= 11 is 6.50. The maximum atomic E-state index is 12.3. The molecule has 2 aromatic carbocycles. The molecule has 0 radical (unpaired) electrons. The summed E-state index contributed by atoms with van der Waals surface area (Å²) in [5.74, 6) is 0.327. The van der Waals surface area contributed by atoms with E-state index in [0.29, 0.717) is 33.8 Å². The first-order chi connectivity index (χ1) is 13.0. The molecule has 7 heteroatoms. The van der Waals surface area contributed by atoms with E-state index in [1.807, 2.05) is 32.0 Å². The molecule has 0 saturated carbocycles. The molecule has 6 nitrogen and oxygen atoms in total. The van der Waals surface area contributed by atoms with Crippen LogP contribution in [0.3, 0.4) is 0 Å². The zero-order valence-corrected chi connectivity index (χ0v) is 16.2. The molecule has 140 valence electrons. The van der Waals surface area contributed by atoms with Crippen LogP contribution in [0.5, 0.6) is 5.75 Å². The number of carbonyl (C=O) groups excluding carboxylic acids is 1. The van der Waals surface area contributed by atoms with Gasteiger partial charge >= 0.3 is 0 Å².